The number of nitrogens with two attached hydrogens (primary N) is 2. The summed E-state index contributed by atoms with van der Waals surface area (Å²) in [6, 6.07) is 14.2. The summed E-state index contributed by atoms with van der Waals surface area (Å²) in [4.78, 5) is 23.0. The van der Waals surface area contributed by atoms with Gasteiger partial charge >= 0.3 is 0 Å². The molecule has 1 aliphatic heterocycles. The highest BCUT2D eigenvalue weighted by atomic mass is 32.1. The summed E-state index contributed by atoms with van der Waals surface area (Å²) in [5.74, 6) is 0.847. The predicted octanol–water partition coefficient (Wildman–Crippen LogP) is 3.91. The lowest BCUT2D eigenvalue weighted by atomic mass is 10.0. The number of methoxy groups -OCH3 is 1. The molecular formula is C24H22N6O2S2. The molecule has 1 amide bonds. The van der Waals surface area contributed by atoms with Crippen LogP contribution >= 0.6 is 22.7 Å². The highest BCUT2D eigenvalue weighted by Crippen LogP contribution is 2.45. The molecule has 1 fully saturated rings. The first-order chi connectivity index (χ1) is 16.5. The Labute approximate surface area is 204 Å². The molecule has 10 heteroatoms. The minimum absolute atomic E-state index is 0.266. The third-order valence-corrected chi connectivity index (χ3v) is 7.97. The second kappa shape index (κ2) is 8.85. The summed E-state index contributed by atoms with van der Waals surface area (Å²) in [6.07, 6.45) is 0. The van der Waals surface area contributed by atoms with E-state index in [4.69, 9.17) is 21.2 Å². The van der Waals surface area contributed by atoms with Crippen molar-refractivity contribution in [2.24, 2.45) is 5.73 Å². The maximum Gasteiger partial charge on any atom is 0.260 e. The molecule has 0 unspecified atom stereocenters. The second-order valence-electron chi connectivity index (χ2n) is 7.81. The number of aromatic nitrogens is 1. The molecule has 4 N–H and O–H groups in total. The number of anilines is 3. The van der Waals surface area contributed by atoms with E-state index in [0.717, 1.165) is 29.4 Å². The first kappa shape index (κ1) is 22.0. The van der Waals surface area contributed by atoms with Crippen molar-refractivity contribution in [1.82, 2.24) is 4.98 Å². The molecule has 8 nitrogen and oxygen atoms in total. The molecule has 172 valence electrons. The lowest BCUT2D eigenvalue weighted by Crippen LogP contribution is -2.47. The van der Waals surface area contributed by atoms with Gasteiger partial charge in [-0.05, 0) is 23.6 Å². The topological polar surface area (TPSA) is 122 Å². The number of benzene rings is 1. The van der Waals surface area contributed by atoms with Crippen LogP contribution in [0.3, 0.4) is 0 Å². The van der Waals surface area contributed by atoms with E-state index in [0.29, 0.717) is 40.3 Å². The molecule has 0 aliphatic carbocycles. The number of rotatable bonds is 5. The van der Waals surface area contributed by atoms with Crippen molar-refractivity contribution in [3.63, 3.8) is 0 Å². The normalized spacial score (nSPS) is 13.8. The molecule has 1 aromatic carbocycles. The molecule has 34 heavy (non-hydrogen) atoms. The average Bonchev–Trinajstić information content (AvgIpc) is 3.51. The Bertz CT molecular complexity index is 1420. The third kappa shape index (κ3) is 3.59. The molecule has 0 bridgehead atoms. The molecule has 0 spiro atoms. The highest BCUT2D eigenvalue weighted by Gasteiger charge is 2.28. The largest absolute Gasteiger partial charge is 0.495 e. The van der Waals surface area contributed by atoms with E-state index < -0.39 is 5.91 Å². The van der Waals surface area contributed by atoms with Gasteiger partial charge in [-0.3, -0.25) is 4.79 Å². The molecule has 4 aromatic rings. The first-order valence-corrected chi connectivity index (χ1v) is 12.4. The molecule has 0 radical (unpaired) electrons. The van der Waals surface area contributed by atoms with E-state index in [-0.39, 0.29) is 10.6 Å². The fraction of sp³-hybridized carbons (Fsp3) is 0.208. The quantitative estimate of drug-likeness (QED) is 0.435. The second-order valence-corrected chi connectivity index (χ2v) is 9.76. The molecular weight excluding hydrogens is 468 g/mol. The SMILES string of the molecule is COc1ccccc1N1CCN(c2nc3sc(C(N)=O)c(N)c3c(-c3cccs3)c2C#N)CC1. The number of nitrogens with zero attached hydrogens (tertiary/aromatic N) is 4. The van der Waals surface area contributed by atoms with Crippen LogP contribution < -0.4 is 26.0 Å². The number of para-hydroxylation sites is 2. The molecule has 5 rings (SSSR count). The number of hydrogen-bond acceptors (Lipinski definition) is 9. The summed E-state index contributed by atoms with van der Waals surface area (Å²) in [7, 11) is 1.67. The Morgan fingerprint density at radius 3 is 2.53 bits per heavy atom. The van der Waals surface area contributed by atoms with Crippen LogP contribution in [0.4, 0.5) is 17.2 Å². The van der Waals surface area contributed by atoms with Gasteiger partial charge in [-0.1, -0.05) is 18.2 Å². The Morgan fingerprint density at radius 1 is 1.15 bits per heavy atom. The number of primary amides is 1. The molecule has 4 heterocycles. The number of nitrogen functional groups attached to an aromatic ring is 1. The fourth-order valence-electron chi connectivity index (χ4n) is 4.38. The summed E-state index contributed by atoms with van der Waals surface area (Å²) >= 11 is 2.69. The van der Waals surface area contributed by atoms with E-state index in [1.807, 2.05) is 41.8 Å². The monoisotopic (exact) mass is 490 g/mol. The number of piperazine rings is 1. The summed E-state index contributed by atoms with van der Waals surface area (Å²) in [5.41, 5.74) is 14.4. The fourth-order valence-corrected chi connectivity index (χ4v) is 6.11. The minimum Gasteiger partial charge on any atom is -0.495 e. The maximum atomic E-state index is 12.0. The number of fused-ring (bicyclic) bond motifs is 1. The zero-order valence-electron chi connectivity index (χ0n) is 18.4. The average molecular weight is 491 g/mol. The van der Waals surface area contributed by atoms with Crippen LogP contribution in [0, 0.1) is 11.3 Å². The number of amides is 1. The van der Waals surface area contributed by atoms with Crippen LogP contribution in [0.2, 0.25) is 0 Å². The van der Waals surface area contributed by atoms with Crippen LogP contribution in [0.5, 0.6) is 5.75 Å². The Balaban J connectivity index is 1.58. The van der Waals surface area contributed by atoms with Gasteiger partial charge in [-0.25, -0.2) is 4.98 Å². The van der Waals surface area contributed by atoms with Gasteiger partial charge in [0.15, 0.2) is 0 Å². The predicted molar refractivity (Wildman–Crippen MR) is 138 cm³/mol. The van der Waals surface area contributed by atoms with Crippen LogP contribution in [-0.4, -0.2) is 44.2 Å². The zero-order chi connectivity index (χ0) is 23.8. The number of nitriles is 1. The van der Waals surface area contributed by atoms with E-state index in [9.17, 15) is 10.1 Å². The van der Waals surface area contributed by atoms with Crippen molar-refractivity contribution in [1.29, 1.82) is 5.26 Å². The lowest BCUT2D eigenvalue weighted by molar-refractivity contribution is 0.100. The van der Waals surface area contributed by atoms with Gasteiger partial charge < -0.3 is 26.0 Å². The van der Waals surface area contributed by atoms with Crippen LogP contribution in [0.25, 0.3) is 20.7 Å². The van der Waals surface area contributed by atoms with Gasteiger partial charge in [0, 0.05) is 42.0 Å². The summed E-state index contributed by atoms with van der Waals surface area (Å²) < 4.78 is 5.53. The molecule has 0 atom stereocenters. The zero-order valence-corrected chi connectivity index (χ0v) is 20.1. The Hall–Kier alpha value is -3.81. The van der Waals surface area contributed by atoms with Crippen LogP contribution in [0.15, 0.2) is 41.8 Å². The van der Waals surface area contributed by atoms with Crippen LogP contribution in [0.1, 0.15) is 15.2 Å². The summed E-state index contributed by atoms with van der Waals surface area (Å²) in [6.45, 7) is 2.86. The number of carbonyl (C=O) groups is 1. The number of pyridine rings is 1. The molecule has 0 saturated carbocycles. The Morgan fingerprint density at radius 2 is 1.88 bits per heavy atom. The minimum atomic E-state index is -0.594. The van der Waals surface area contributed by atoms with Crippen molar-refractivity contribution < 1.29 is 9.53 Å². The molecule has 1 aliphatic rings. The van der Waals surface area contributed by atoms with E-state index in [1.165, 1.54) is 22.7 Å². The van der Waals surface area contributed by atoms with Crippen molar-refractivity contribution in [2.45, 2.75) is 0 Å². The maximum absolute atomic E-state index is 12.0. The van der Waals surface area contributed by atoms with Crippen molar-refractivity contribution in [2.75, 3.05) is 48.8 Å². The first-order valence-electron chi connectivity index (χ1n) is 10.7. The van der Waals surface area contributed by atoms with Crippen molar-refractivity contribution >= 4 is 56.0 Å². The molecule has 3 aromatic heterocycles. The Kier molecular flexibility index (Phi) is 5.73. The van der Waals surface area contributed by atoms with Crippen LogP contribution in [-0.2, 0) is 0 Å². The van der Waals surface area contributed by atoms with Gasteiger partial charge in [0.25, 0.3) is 5.91 Å². The van der Waals surface area contributed by atoms with Gasteiger partial charge in [0.2, 0.25) is 0 Å². The number of carbonyl (C=O) groups excluding carboxylic acids is 1. The van der Waals surface area contributed by atoms with E-state index in [2.05, 4.69) is 15.9 Å². The molecule has 1 saturated heterocycles. The van der Waals surface area contributed by atoms with Crippen molar-refractivity contribution in [3.05, 3.63) is 52.2 Å². The standard InChI is InChI=1S/C24H22N6O2S2/c1-32-16-6-3-2-5-15(16)29-8-10-30(11-9-29)23-14(13-25)18(17-7-4-12-33-17)19-20(26)21(22(27)31)34-24(19)28-23/h2-7,12H,8-11,26H2,1H3,(H2,27,31). The van der Waals surface area contributed by atoms with Gasteiger partial charge in [0.05, 0.1) is 18.5 Å². The number of ether oxygens (including phenoxy) is 1. The number of hydrogen-bond donors (Lipinski definition) is 2. The lowest BCUT2D eigenvalue weighted by Gasteiger charge is -2.37. The van der Waals surface area contributed by atoms with E-state index in [1.54, 1.807) is 7.11 Å². The smallest absolute Gasteiger partial charge is 0.260 e. The van der Waals surface area contributed by atoms with Gasteiger partial charge in [-0.15, -0.1) is 22.7 Å². The van der Waals surface area contributed by atoms with E-state index >= 15 is 0 Å². The van der Waals surface area contributed by atoms with Gasteiger partial charge in [-0.2, -0.15) is 5.26 Å². The highest BCUT2D eigenvalue weighted by molar-refractivity contribution is 7.21. The summed E-state index contributed by atoms with van der Waals surface area (Å²) in [5, 5.41) is 12.8. The third-order valence-electron chi connectivity index (χ3n) is 5.97. The number of thiophene rings is 2. The van der Waals surface area contributed by atoms with Gasteiger partial charge in [0.1, 0.15) is 32.9 Å². The van der Waals surface area contributed by atoms with Crippen molar-refractivity contribution in [3.8, 4) is 22.3 Å².